The molecule has 1 saturated carbocycles. The number of nitrogens with zero attached hydrogens (tertiary/aromatic N) is 2. The Hall–Kier alpha value is -2.79. The highest BCUT2D eigenvalue weighted by molar-refractivity contribution is 7.89. The molecular weight excluding hydrogens is 528 g/mol. The lowest BCUT2D eigenvalue weighted by atomic mass is 9.99. The quantitative estimate of drug-likeness (QED) is 0.283. The van der Waals surface area contributed by atoms with Gasteiger partial charge in [0.25, 0.3) is 5.91 Å². The van der Waals surface area contributed by atoms with E-state index >= 15 is 0 Å². The standard InChI is InChI=1S/C30H44N4O5S/c1-22(2)17-30(37)34(32-29(36)19-31-25-15-16-25)27(18-24-11-7-5-8-12-24)28(35)21-33(20-23(3)4)40(38,39)26-13-9-6-10-14-26/h5-14,22-23,25,27-28,31,35H,15-21H2,1-4H3,(H,32,36)/t27-,28+/m0/s1. The maximum Gasteiger partial charge on any atom is 0.252 e. The topological polar surface area (TPSA) is 119 Å². The minimum atomic E-state index is -3.92. The maximum absolute atomic E-state index is 13.6. The molecule has 0 unspecified atom stereocenters. The minimum absolute atomic E-state index is 0.00913. The van der Waals surface area contributed by atoms with Crippen LogP contribution >= 0.6 is 0 Å². The third-order valence-electron chi connectivity index (χ3n) is 6.63. The summed E-state index contributed by atoms with van der Waals surface area (Å²) in [6, 6.07) is 16.9. The van der Waals surface area contributed by atoms with E-state index in [4.69, 9.17) is 0 Å². The first-order valence-corrected chi connectivity index (χ1v) is 15.5. The summed E-state index contributed by atoms with van der Waals surface area (Å²) in [5.74, 6) is -0.715. The smallest absolute Gasteiger partial charge is 0.252 e. The third kappa shape index (κ3) is 9.69. The van der Waals surface area contributed by atoms with Gasteiger partial charge in [-0.05, 0) is 48.8 Å². The lowest BCUT2D eigenvalue weighted by Crippen LogP contribution is -2.60. The predicted molar refractivity (Wildman–Crippen MR) is 155 cm³/mol. The highest BCUT2D eigenvalue weighted by Crippen LogP contribution is 2.21. The van der Waals surface area contributed by atoms with Gasteiger partial charge >= 0.3 is 0 Å². The van der Waals surface area contributed by atoms with Crippen LogP contribution < -0.4 is 10.7 Å². The van der Waals surface area contributed by atoms with Crippen LogP contribution in [0, 0.1) is 11.8 Å². The number of carbonyl (C=O) groups excluding carboxylic acids is 2. The Bertz CT molecular complexity index is 1190. The van der Waals surface area contributed by atoms with Gasteiger partial charge in [-0.25, -0.2) is 13.4 Å². The largest absolute Gasteiger partial charge is 0.390 e. The van der Waals surface area contributed by atoms with E-state index in [1.54, 1.807) is 18.2 Å². The first kappa shape index (κ1) is 31.7. The zero-order chi connectivity index (χ0) is 29.3. The summed E-state index contributed by atoms with van der Waals surface area (Å²) >= 11 is 0. The van der Waals surface area contributed by atoms with Crippen molar-refractivity contribution in [2.45, 2.75) is 76.5 Å². The number of benzene rings is 2. The number of rotatable bonds is 15. The minimum Gasteiger partial charge on any atom is -0.390 e. The highest BCUT2D eigenvalue weighted by Gasteiger charge is 2.36. The first-order chi connectivity index (χ1) is 19.0. The highest BCUT2D eigenvalue weighted by atomic mass is 32.2. The normalized spacial score (nSPS) is 15.3. The first-order valence-electron chi connectivity index (χ1n) is 14.1. The van der Waals surface area contributed by atoms with E-state index in [1.165, 1.54) is 21.4 Å². The average Bonchev–Trinajstić information content (AvgIpc) is 3.74. The molecule has 2 aromatic carbocycles. The Balaban J connectivity index is 1.94. The molecule has 0 aliphatic heterocycles. The number of hydrazine groups is 1. The van der Waals surface area contributed by atoms with Crippen molar-refractivity contribution < 1.29 is 23.1 Å². The average molecular weight is 573 g/mol. The van der Waals surface area contributed by atoms with Gasteiger partial charge in [0.05, 0.1) is 23.6 Å². The molecule has 0 bridgehead atoms. The summed E-state index contributed by atoms with van der Waals surface area (Å²) in [6.07, 6.45) is 1.13. The van der Waals surface area contributed by atoms with Gasteiger partial charge in [0.2, 0.25) is 15.9 Å². The van der Waals surface area contributed by atoms with Crippen LogP contribution in [-0.2, 0) is 26.0 Å². The number of nitrogens with one attached hydrogen (secondary N) is 2. The van der Waals surface area contributed by atoms with E-state index in [0.717, 1.165) is 18.4 Å². The van der Waals surface area contributed by atoms with Crippen molar-refractivity contribution in [3.8, 4) is 0 Å². The van der Waals surface area contributed by atoms with Crippen molar-refractivity contribution in [3.63, 3.8) is 0 Å². The van der Waals surface area contributed by atoms with Gasteiger partial charge in [0, 0.05) is 25.6 Å². The van der Waals surface area contributed by atoms with Crippen LogP contribution in [0.3, 0.4) is 0 Å². The Morgan fingerprint density at radius 2 is 1.52 bits per heavy atom. The fourth-order valence-electron chi connectivity index (χ4n) is 4.48. The molecule has 220 valence electrons. The second-order valence-corrected chi connectivity index (χ2v) is 13.3. The molecule has 3 rings (SSSR count). The number of hydrogen-bond donors (Lipinski definition) is 3. The lowest BCUT2D eigenvalue weighted by Gasteiger charge is -2.37. The summed E-state index contributed by atoms with van der Waals surface area (Å²) < 4.78 is 28.5. The number of amides is 2. The number of aliphatic hydroxyl groups is 1. The molecule has 9 nitrogen and oxygen atoms in total. The molecule has 2 aromatic rings. The van der Waals surface area contributed by atoms with Gasteiger partial charge in [0.15, 0.2) is 0 Å². The van der Waals surface area contributed by atoms with E-state index in [0.29, 0.717) is 6.04 Å². The molecule has 40 heavy (non-hydrogen) atoms. The van der Waals surface area contributed by atoms with Gasteiger partial charge < -0.3 is 10.4 Å². The zero-order valence-electron chi connectivity index (χ0n) is 24.0. The molecule has 2 amide bonds. The molecule has 1 aliphatic rings. The molecule has 3 N–H and O–H groups in total. The van der Waals surface area contributed by atoms with E-state index < -0.39 is 22.2 Å². The Labute approximate surface area is 239 Å². The van der Waals surface area contributed by atoms with Crippen molar-refractivity contribution in [2.24, 2.45) is 11.8 Å². The van der Waals surface area contributed by atoms with Crippen LogP contribution in [0.15, 0.2) is 65.6 Å². The van der Waals surface area contributed by atoms with Gasteiger partial charge in [-0.1, -0.05) is 76.2 Å². The zero-order valence-corrected chi connectivity index (χ0v) is 24.8. The number of sulfonamides is 1. The molecule has 0 aromatic heterocycles. The van der Waals surface area contributed by atoms with E-state index in [1.807, 2.05) is 58.0 Å². The number of aliphatic hydroxyl groups excluding tert-OH is 1. The molecule has 1 fully saturated rings. The van der Waals surface area contributed by atoms with Crippen molar-refractivity contribution in [2.75, 3.05) is 19.6 Å². The fraction of sp³-hybridized carbons (Fsp3) is 0.533. The van der Waals surface area contributed by atoms with Gasteiger partial charge in [-0.2, -0.15) is 4.31 Å². The van der Waals surface area contributed by atoms with Crippen LogP contribution in [0.25, 0.3) is 0 Å². The van der Waals surface area contributed by atoms with Gasteiger partial charge in [-0.15, -0.1) is 0 Å². The molecule has 0 heterocycles. The molecule has 0 spiro atoms. The monoisotopic (exact) mass is 572 g/mol. The van der Waals surface area contributed by atoms with E-state index in [-0.39, 0.29) is 61.0 Å². The third-order valence-corrected chi connectivity index (χ3v) is 8.48. The molecule has 0 radical (unpaired) electrons. The van der Waals surface area contributed by atoms with Gasteiger partial charge in [-0.3, -0.25) is 15.0 Å². The van der Waals surface area contributed by atoms with Gasteiger partial charge in [0.1, 0.15) is 0 Å². The molecular formula is C30H44N4O5S. The van der Waals surface area contributed by atoms with Crippen molar-refractivity contribution in [1.29, 1.82) is 0 Å². The van der Waals surface area contributed by atoms with Crippen LogP contribution in [0.2, 0.25) is 0 Å². The summed E-state index contributed by atoms with van der Waals surface area (Å²) in [5.41, 5.74) is 3.59. The summed E-state index contributed by atoms with van der Waals surface area (Å²) in [6.45, 7) is 7.63. The summed E-state index contributed by atoms with van der Waals surface area (Å²) in [5, 5.41) is 16.1. The van der Waals surface area contributed by atoms with E-state index in [9.17, 15) is 23.1 Å². The Morgan fingerprint density at radius 3 is 2.08 bits per heavy atom. The fourth-order valence-corrected chi connectivity index (χ4v) is 6.12. The van der Waals surface area contributed by atoms with Crippen molar-refractivity contribution >= 4 is 21.8 Å². The van der Waals surface area contributed by atoms with Crippen LogP contribution in [0.4, 0.5) is 0 Å². The second-order valence-electron chi connectivity index (χ2n) is 11.4. The van der Waals surface area contributed by atoms with Crippen LogP contribution in [0.5, 0.6) is 0 Å². The van der Waals surface area contributed by atoms with Crippen LogP contribution in [0.1, 0.15) is 52.5 Å². The predicted octanol–water partition coefficient (Wildman–Crippen LogP) is 2.96. The second kappa shape index (κ2) is 14.7. The molecule has 1 aliphatic carbocycles. The number of carbonyl (C=O) groups is 2. The Morgan fingerprint density at radius 1 is 0.925 bits per heavy atom. The van der Waals surface area contributed by atoms with Crippen LogP contribution in [-0.4, -0.2) is 72.5 Å². The Kier molecular flexibility index (Phi) is 11.7. The summed E-state index contributed by atoms with van der Waals surface area (Å²) in [4.78, 5) is 26.6. The molecule has 2 atom stereocenters. The van der Waals surface area contributed by atoms with Crippen molar-refractivity contribution in [1.82, 2.24) is 20.1 Å². The molecule has 10 heteroatoms. The lowest BCUT2D eigenvalue weighted by molar-refractivity contribution is -0.148. The van der Waals surface area contributed by atoms with E-state index in [2.05, 4.69) is 10.7 Å². The number of hydrogen-bond acceptors (Lipinski definition) is 6. The maximum atomic E-state index is 13.6. The SMILES string of the molecule is CC(C)CC(=O)N(NC(=O)CNC1CC1)[C@@H](Cc1ccccc1)[C@H](O)CN(CC(C)C)S(=O)(=O)c1ccccc1. The van der Waals surface area contributed by atoms with Crippen molar-refractivity contribution in [3.05, 3.63) is 66.2 Å². The molecule has 0 saturated heterocycles. The summed E-state index contributed by atoms with van der Waals surface area (Å²) in [7, 11) is -3.92.